The van der Waals surface area contributed by atoms with Crippen LogP contribution in [0.1, 0.15) is 45.5 Å². The van der Waals surface area contributed by atoms with Gasteiger partial charge in [-0.25, -0.2) is 23.4 Å². The van der Waals surface area contributed by atoms with Crippen molar-refractivity contribution in [2.45, 2.75) is 19.5 Å². The third kappa shape index (κ3) is 3.54. The number of nitrogens with zero attached hydrogens (tertiary/aromatic N) is 2. The van der Waals surface area contributed by atoms with Crippen LogP contribution in [0.5, 0.6) is 0 Å². The van der Waals surface area contributed by atoms with E-state index in [1.165, 1.54) is 6.92 Å². The Bertz CT molecular complexity index is 661. The van der Waals surface area contributed by atoms with Crippen LogP contribution in [0.25, 0.3) is 0 Å². The number of carbonyl (C=O) groups excluding carboxylic acids is 1. The molecule has 0 aliphatic rings. The number of halogens is 5. The molecule has 1 heterocycles. The average Bonchev–Trinajstić information content (AvgIpc) is 2.49. The van der Waals surface area contributed by atoms with Gasteiger partial charge < -0.3 is 14.7 Å². The van der Waals surface area contributed by atoms with Crippen LogP contribution < -0.4 is 4.90 Å². The molecule has 134 valence electrons. The molecule has 6 nitrogen and oxygen atoms in total. The lowest BCUT2D eigenvalue weighted by Gasteiger charge is -2.25. The second-order valence-corrected chi connectivity index (χ2v) is 4.55. The Hall–Kier alpha value is -2.46. The van der Waals surface area contributed by atoms with Gasteiger partial charge in [0.1, 0.15) is 16.8 Å². The van der Waals surface area contributed by atoms with E-state index in [-0.39, 0.29) is 6.54 Å². The molecule has 0 atom stereocenters. The largest absolute Gasteiger partial charge is 0.478 e. The molecule has 11 heteroatoms. The average molecular weight is 356 g/mol. The highest BCUT2D eigenvalue weighted by Gasteiger charge is 2.43. The van der Waals surface area contributed by atoms with E-state index < -0.39 is 52.7 Å². The van der Waals surface area contributed by atoms with Crippen molar-refractivity contribution in [2.75, 3.05) is 25.6 Å². The van der Waals surface area contributed by atoms with Gasteiger partial charge in [-0.15, -0.1) is 0 Å². The van der Waals surface area contributed by atoms with Crippen molar-refractivity contribution in [1.29, 1.82) is 0 Å². The Balaban J connectivity index is 4.11. The van der Waals surface area contributed by atoms with Gasteiger partial charge in [-0.05, 0) is 6.92 Å². The molecule has 0 unspecified atom stereocenters. The number of esters is 1. The quantitative estimate of drug-likeness (QED) is 0.645. The summed E-state index contributed by atoms with van der Waals surface area (Å²) >= 11 is 0. The van der Waals surface area contributed by atoms with Gasteiger partial charge in [-0.3, -0.25) is 0 Å². The zero-order chi connectivity index (χ0) is 18.8. The number of alkyl halides is 5. The van der Waals surface area contributed by atoms with Crippen molar-refractivity contribution < 1.29 is 41.4 Å². The topological polar surface area (TPSA) is 79.7 Å². The normalized spacial score (nSPS) is 11.5. The van der Waals surface area contributed by atoms with Crippen LogP contribution in [-0.4, -0.2) is 42.7 Å². The van der Waals surface area contributed by atoms with Crippen LogP contribution in [0, 0.1) is 0 Å². The van der Waals surface area contributed by atoms with Gasteiger partial charge in [0.15, 0.2) is 5.69 Å². The molecule has 0 saturated carbocycles. The summed E-state index contributed by atoms with van der Waals surface area (Å²) in [5, 5.41) is 9.16. The SMILES string of the molecule is CCN(C)c1c(C(=O)OC)c(C(F)F)nc(C(F)(F)F)c1C(=O)O. The number of hydrogen-bond donors (Lipinski definition) is 1. The van der Waals surface area contributed by atoms with Gasteiger partial charge >= 0.3 is 18.1 Å². The molecule has 1 aromatic rings. The third-order valence-electron chi connectivity index (χ3n) is 3.13. The number of carbonyl (C=O) groups is 2. The highest BCUT2D eigenvalue weighted by molar-refractivity contribution is 6.05. The number of methoxy groups -OCH3 is 1. The maximum absolute atomic E-state index is 13.2. The number of pyridine rings is 1. The Labute approximate surface area is 132 Å². The lowest BCUT2D eigenvalue weighted by molar-refractivity contribution is -0.142. The van der Waals surface area contributed by atoms with Crippen molar-refractivity contribution in [3.05, 3.63) is 22.5 Å². The van der Waals surface area contributed by atoms with E-state index >= 15 is 0 Å². The van der Waals surface area contributed by atoms with Crippen molar-refractivity contribution >= 4 is 17.6 Å². The van der Waals surface area contributed by atoms with Crippen LogP contribution in [0.15, 0.2) is 0 Å². The van der Waals surface area contributed by atoms with Gasteiger partial charge in [-0.1, -0.05) is 0 Å². The maximum atomic E-state index is 13.2. The Kier molecular flexibility index (Phi) is 5.69. The van der Waals surface area contributed by atoms with Crippen LogP contribution in [-0.2, 0) is 10.9 Å². The minimum Gasteiger partial charge on any atom is -0.478 e. The second kappa shape index (κ2) is 6.97. The van der Waals surface area contributed by atoms with Gasteiger partial charge in [0.05, 0.1) is 12.8 Å². The molecule has 24 heavy (non-hydrogen) atoms. The Morgan fingerprint density at radius 2 is 1.83 bits per heavy atom. The minimum atomic E-state index is -5.31. The van der Waals surface area contributed by atoms with Gasteiger partial charge in [-0.2, -0.15) is 13.2 Å². The van der Waals surface area contributed by atoms with Gasteiger partial charge in [0, 0.05) is 13.6 Å². The fourth-order valence-corrected chi connectivity index (χ4v) is 2.00. The monoisotopic (exact) mass is 356 g/mol. The fourth-order valence-electron chi connectivity index (χ4n) is 2.00. The van der Waals surface area contributed by atoms with E-state index in [9.17, 15) is 31.5 Å². The number of carboxylic acids is 1. The zero-order valence-corrected chi connectivity index (χ0v) is 12.7. The number of aromatic carboxylic acids is 1. The zero-order valence-electron chi connectivity index (χ0n) is 12.7. The highest BCUT2D eigenvalue weighted by atomic mass is 19.4. The summed E-state index contributed by atoms with van der Waals surface area (Å²) in [5.41, 5.74) is -6.73. The van der Waals surface area contributed by atoms with Crippen LogP contribution in [0.3, 0.4) is 0 Å². The fraction of sp³-hybridized carbons (Fsp3) is 0.462. The summed E-state index contributed by atoms with van der Waals surface area (Å²) in [6.45, 7) is 1.37. The molecule has 0 aromatic carbocycles. The number of carboxylic acid groups (broad SMARTS) is 1. The van der Waals surface area contributed by atoms with Crippen molar-refractivity contribution in [1.82, 2.24) is 4.98 Å². The summed E-state index contributed by atoms with van der Waals surface area (Å²) < 4.78 is 70.0. The number of ether oxygens (including phenoxy) is 1. The van der Waals surface area contributed by atoms with Crippen molar-refractivity contribution in [3.8, 4) is 0 Å². The van der Waals surface area contributed by atoms with E-state index in [2.05, 4.69) is 9.72 Å². The second-order valence-electron chi connectivity index (χ2n) is 4.55. The number of hydrogen-bond acceptors (Lipinski definition) is 5. The summed E-state index contributed by atoms with van der Waals surface area (Å²) in [6.07, 6.45) is -8.86. The first-order valence-corrected chi connectivity index (χ1v) is 6.43. The summed E-state index contributed by atoms with van der Waals surface area (Å²) in [5.74, 6) is -3.47. The molecule has 1 N–H and O–H groups in total. The molecule has 0 aliphatic heterocycles. The summed E-state index contributed by atoms with van der Waals surface area (Å²) in [7, 11) is 1.98. The van der Waals surface area contributed by atoms with E-state index in [1.54, 1.807) is 0 Å². The van der Waals surface area contributed by atoms with E-state index in [0.29, 0.717) is 0 Å². The molecule has 1 rings (SSSR count). The molecular weight excluding hydrogens is 343 g/mol. The predicted octanol–water partition coefficient (Wildman–Crippen LogP) is 2.98. The molecule has 1 aromatic heterocycles. The van der Waals surface area contributed by atoms with E-state index in [1.807, 2.05) is 0 Å². The molecular formula is C13H13F5N2O4. The molecule has 0 radical (unpaired) electrons. The van der Waals surface area contributed by atoms with E-state index in [0.717, 1.165) is 19.1 Å². The number of rotatable bonds is 5. The van der Waals surface area contributed by atoms with E-state index in [4.69, 9.17) is 5.11 Å². The van der Waals surface area contributed by atoms with Gasteiger partial charge in [0.2, 0.25) is 0 Å². The number of aromatic nitrogens is 1. The summed E-state index contributed by atoms with van der Waals surface area (Å²) in [4.78, 5) is 26.8. The van der Waals surface area contributed by atoms with Crippen LogP contribution in [0.2, 0.25) is 0 Å². The van der Waals surface area contributed by atoms with Crippen LogP contribution in [0.4, 0.5) is 27.6 Å². The van der Waals surface area contributed by atoms with Crippen LogP contribution >= 0.6 is 0 Å². The minimum absolute atomic E-state index is 0.0612. The Morgan fingerprint density at radius 3 is 2.17 bits per heavy atom. The van der Waals surface area contributed by atoms with Crippen molar-refractivity contribution in [3.63, 3.8) is 0 Å². The molecule has 0 bridgehead atoms. The molecule has 0 fully saturated rings. The predicted molar refractivity (Wildman–Crippen MR) is 71.4 cm³/mol. The molecule has 0 saturated heterocycles. The highest BCUT2D eigenvalue weighted by Crippen LogP contribution is 2.40. The van der Waals surface area contributed by atoms with Crippen molar-refractivity contribution in [2.24, 2.45) is 0 Å². The summed E-state index contributed by atoms with van der Waals surface area (Å²) in [6, 6.07) is 0. The molecule has 0 amide bonds. The molecule has 0 spiro atoms. The number of anilines is 1. The smallest absolute Gasteiger partial charge is 0.434 e. The standard InChI is InChI=1S/C13H13F5N2O4/c1-4-20(2)8-5(12(23)24-3)7(10(14)15)19-9(13(16,17)18)6(8)11(21)22/h10H,4H2,1-3H3,(H,21,22). The first kappa shape index (κ1) is 19.6. The molecule has 0 aliphatic carbocycles. The maximum Gasteiger partial charge on any atom is 0.434 e. The van der Waals surface area contributed by atoms with Gasteiger partial charge in [0.25, 0.3) is 6.43 Å². The first-order chi connectivity index (χ1) is 11.0. The Morgan fingerprint density at radius 1 is 1.29 bits per heavy atom. The third-order valence-corrected chi connectivity index (χ3v) is 3.13. The lowest BCUT2D eigenvalue weighted by Crippen LogP contribution is -2.28. The lowest BCUT2D eigenvalue weighted by atomic mass is 10.0. The first-order valence-electron chi connectivity index (χ1n) is 6.43.